The summed E-state index contributed by atoms with van der Waals surface area (Å²) < 4.78 is 5.22. The molecule has 0 aliphatic rings. The van der Waals surface area contributed by atoms with E-state index in [0.717, 1.165) is 12.2 Å². The first-order valence-electron chi connectivity index (χ1n) is 7.10. The number of nitrogens with one attached hydrogen (secondary N) is 1. The number of hydrogen-bond acceptors (Lipinski definition) is 3. The Morgan fingerprint density at radius 2 is 1.85 bits per heavy atom. The lowest BCUT2D eigenvalue weighted by Crippen LogP contribution is -2.23. The van der Waals surface area contributed by atoms with Crippen molar-refractivity contribution in [1.82, 2.24) is 5.32 Å². The van der Waals surface area contributed by atoms with Crippen molar-refractivity contribution >= 4 is 11.3 Å². The second kappa shape index (κ2) is 6.91. The monoisotopic (exact) mass is 289 g/mol. The minimum atomic E-state index is 0.373. The Kier molecular flexibility index (Phi) is 5.21. The van der Waals surface area contributed by atoms with E-state index < -0.39 is 0 Å². The summed E-state index contributed by atoms with van der Waals surface area (Å²) in [6, 6.07) is 13.5. The Hall–Kier alpha value is -1.32. The summed E-state index contributed by atoms with van der Waals surface area (Å²) in [6.07, 6.45) is 1.07. The molecule has 0 aliphatic heterocycles. The Balaban J connectivity index is 2.07. The normalized spacial score (nSPS) is 14.0. The van der Waals surface area contributed by atoms with E-state index in [1.807, 2.05) is 23.5 Å². The predicted octanol–water partition coefficient (Wildman–Crippen LogP) is 4.87. The van der Waals surface area contributed by atoms with Crippen LogP contribution in [0.5, 0.6) is 5.75 Å². The standard InChI is InChI=1S/C17H23NOS/c1-5-16(14-7-9-15(19-4)10-8-14)18-13(3)17-11-6-12(2)20-17/h6-11,13,16,18H,5H2,1-4H3. The first-order valence-corrected chi connectivity index (χ1v) is 7.92. The maximum Gasteiger partial charge on any atom is 0.118 e. The van der Waals surface area contributed by atoms with Gasteiger partial charge in [0.05, 0.1) is 7.11 Å². The first kappa shape index (κ1) is 15.1. The van der Waals surface area contributed by atoms with Gasteiger partial charge in [-0.25, -0.2) is 0 Å². The summed E-state index contributed by atoms with van der Waals surface area (Å²) in [4.78, 5) is 2.76. The number of methoxy groups -OCH3 is 1. The number of benzene rings is 1. The summed E-state index contributed by atoms with van der Waals surface area (Å²) in [5, 5.41) is 3.72. The number of ether oxygens (including phenoxy) is 1. The van der Waals surface area contributed by atoms with Crippen LogP contribution in [-0.2, 0) is 0 Å². The molecule has 0 bridgehead atoms. The van der Waals surface area contributed by atoms with Crippen molar-refractivity contribution in [1.29, 1.82) is 0 Å². The molecule has 0 saturated carbocycles. The molecule has 0 amide bonds. The van der Waals surface area contributed by atoms with Gasteiger partial charge in [0, 0.05) is 21.8 Å². The van der Waals surface area contributed by atoms with Gasteiger partial charge in [0.2, 0.25) is 0 Å². The van der Waals surface area contributed by atoms with Gasteiger partial charge in [-0.15, -0.1) is 11.3 Å². The third kappa shape index (κ3) is 3.62. The maximum absolute atomic E-state index is 5.22. The topological polar surface area (TPSA) is 21.3 Å². The van der Waals surface area contributed by atoms with Crippen LogP contribution in [0.25, 0.3) is 0 Å². The lowest BCUT2D eigenvalue weighted by Gasteiger charge is -2.22. The Morgan fingerprint density at radius 3 is 2.35 bits per heavy atom. The molecule has 1 aromatic carbocycles. The highest BCUT2D eigenvalue weighted by Crippen LogP contribution is 2.27. The summed E-state index contributed by atoms with van der Waals surface area (Å²) in [7, 11) is 1.70. The van der Waals surface area contributed by atoms with Crippen LogP contribution in [0.2, 0.25) is 0 Å². The largest absolute Gasteiger partial charge is 0.497 e. The van der Waals surface area contributed by atoms with E-state index in [-0.39, 0.29) is 0 Å². The van der Waals surface area contributed by atoms with Gasteiger partial charge in [0.25, 0.3) is 0 Å². The molecule has 0 radical (unpaired) electrons. The zero-order valence-corrected chi connectivity index (χ0v) is 13.5. The molecule has 20 heavy (non-hydrogen) atoms. The van der Waals surface area contributed by atoms with Crippen LogP contribution < -0.4 is 10.1 Å². The summed E-state index contributed by atoms with van der Waals surface area (Å²) in [5.74, 6) is 0.908. The Bertz CT molecular complexity index is 532. The van der Waals surface area contributed by atoms with Crippen molar-refractivity contribution < 1.29 is 4.74 Å². The van der Waals surface area contributed by atoms with Gasteiger partial charge in [0.15, 0.2) is 0 Å². The van der Waals surface area contributed by atoms with Crippen molar-refractivity contribution in [3.05, 3.63) is 51.7 Å². The maximum atomic E-state index is 5.22. The van der Waals surface area contributed by atoms with E-state index in [0.29, 0.717) is 12.1 Å². The molecule has 108 valence electrons. The second-order valence-corrected chi connectivity index (χ2v) is 6.39. The molecule has 1 N–H and O–H groups in total. The Labute approximate surface area is 125 Å². The van der Waals surface area contributed by atoms with Crippen molar-refractivity contribution in [2.45, 2.75) is 39.3 Å². The molecule has 2 nitrogen and oxygen atoms in total. The lowest BCUT2D eigenvalue weighted by molar-refractivity contribution is 0.413. The third-order valence-corrected chi connectivity index (χ3v) is 4.75. The highest BCUT2D eigenvalue weighted by Gasteiger charge is 2.14. The molecule has 2 atom stereocenters. The molecule has 2 aromatic rings. The second-order valence-electron chi connectivity index (χ2n) is 5.07. The quantitative estimate of drug-likeness (QED) is 0.819. The molecule has 0 saturated heterocycles. The van der Waals surface area contributed by atoms with Crippen LogP contribution in [0.3, 0.4) is 0 Å². The minimum Gasteiger partial charge on any atom is -0.497 e. The van der Waals surface area contributed by atoms with E-state index in [2.05, 4.69) is 50.4 Å². The molecule has 0 aliphatic carbocycles. The molecule has 1 aromatic heterocycles. The van der Waals surface area contributed by atoms with E-state index in [1.165, 1.54) is 15.3 Å². The Morgan fingerprint density at radius 1 is 1.15 bits per heavy atom. The van der Waals surface area contributed by atoms with Gasteiger partial charge in [-0.2, -0.15) is 0 Å². The summed E-state index contributed by atoms with van der Waals surface area (Å²) in [5.41, 5.74) is 1.31. The highest BCUT2D eigenvalue weighted by atomic mass is 32.1. The first-order chi connectivity index (χ1) is 9.63. The number of aryl methyl sites for hydroxylation is 1. The molecule has 1 heterocycles. The molecule has 0 spiro atoms. The fourth-order valence-corrected chi connectivity index (χ4v) is 3.24. The fraction of sp³-hybridized carbons (Fsp3) is 0.412. The average molecular weight is 289 g/mol. The van der Waals surface area contributed by atoms with E-state index in [4.69, 9.17) is 4.74 Å². The van der Waals surface area contributed by atoms with Crippen molar-refractivity contribution in [3.8, 4) is 5.75 Å². The van der Waals surface area contributed by atoms with Gasteiger partial charge < -0.3 is 10.1 Å². The van der Waals surface area contributed by atoms with Gasteiger partial charge in [0.1, 0.15) is 5.75 Å². The average Bonchev–Trinajstić information content (AvgIpc) is 2.91. The van der Waals surface area contributed by atoms with Crippen LogP contribution in [0.1, 0.15) is 47.7 Å². The zero-order chi connectivity index (χ0) is 14.5. The van der Waals surface area contributed by atoms with Crippen LogP contribution >= 0.6 is 11.3 Å². The van der Waals surface area contributed by atoms with Crippen LogP contribution in [0.15, 0.2) is 36.4 Å². The van der Waals surface area contributed by atoms with Crippen LogP contribution in [0.4, 0.5) is 0 Å². The smallest absolute Gasteiger partial charge is 0.118 e. The van der Waals surface area contributed by atoms with Gasteiger partial charge in [-0.1, -0.05) is 19.1 Å². The number of thiophene rings is 1. The highest BCUT2D eigenvalue weighted by molar-refractivity contribution is 7.12. The van der Waals surface area contributed by atoms with Crippen molar-refractivity contribution in [2.24, 2.45) is 0 Å². The molecule has 2 rings (SSSR count). The minimum absolute atomic E-state index is 0.373. The van der Waals surface area contributed by atoms with Gasteiger partial charge in [-0.05, 0) is 50.1 Å². The zero-order valence-electron chi connectivity index (χ0n) is 12.6. The van der Waals surface area contributed by atoms with Crippen molar-refractivity contribution in [3.63, 3.8) is 0 Å². The fourth-order valence-electron chi connectivity index (χ4n) is 2.36. The third-order valence-electron chi connectivity index (χ3n) is 3.57. The van der Waals surface area contributed by atoms with Crippen LogP contribution in [-0.4, -0.2) is 7.11 Å². The van der Waals surface area contributed by atoms with Gasteiger partial charge >= 0.3 is 0 Å². The predicted molar refractivity (Wildman–Crippen MR) is 86.6 cm³/mol. The summed E-state index contributed by atoms with van der Waals surface area (Å²) >= 11 is 1.87. The molecule has 3 heteroatoms. The van der Waals surface area contributed by atoms with Crippen LogP contribution in [0, 0.1) is 6.92 Å². The summed E-state index contributed by atoms with van der Waals surface area (Å²) in [6.45, 7) is 6.60. The molecular weight excluding hydrogens is 266 g/mol. The molecule has 2 unspecified atom stereocenters. The lowest BCUT2D eigenvalue weighted by atomic mass is 10.0. The van der Waals surface area contributed by atoms with Crippen molar-refractivity contribution in [2.75, 3.05) is 7.11 Å². The molecular formula is C17H23NOS. The van der Waals surface area contributed by atoms with Gasteiger partial charge in [-0.3, -0.25) is 0 Å². The van der Waals surface area contributed by atoms with E-state index >= 15 is 0 Å². The number of hydrogen-bond donors (Lipinski definition) is 1. The van der Waals surface area contributed by atoms with E-state index in [9.17, 15) is 0 Å². The SMILES string of the molecule is CCC(NC(C)c1ccc(C)s1)c1ccc(OC)cc1. The molecule has 0 fully saturated rings. The number of rotatable bonds is 6. The van der Waals surface area contributed by atoms with E-state index in [1.54, 1.807) is 7.11 Å².